The van der Waals surface area contributed by atoms with Crippen LogP contribution in [0.15, 0.2) is 179 Å². The molecule has 0 aliphatic rings. The molecule has 8 aromatic carbocycles. The summed E-state index contributed by atoms with van der Waals surface area (Å²) in [5.41, 5.74) is 9.19. The zero-order valence-electron chi connectivity index (χ0n) is 29.3. The van der Waals surface area contributed by atoms with Crippen LogP contribution in [-0.2, 0) is 0 Å². The maximum Gasteiger partial charge on any atom is 0.164 e. The fraction of sp³-hybridized carbons (Fsp3) is 0. The van der Waals surface area contributed by atoms with Gasteiger partial charge in [-0.3, -0.25) is 0 Å². The Bertz CT molecular complexity index is 3500. The molecule has 6 heteroatoms. The SMILES string of the molecule is c1ccc(-c2nc(-c3ccc4c(c3)oc3ccccc34)nc(-c3ccc4c(c3)oc3cccc(-n5c6ccccc6c6cc7ccccc7cc65)c34)n2)cc1. The minimum absolute atomic E-state index is 0.561. The van der Waals surface area contributed by atoms with E-state index in [1.807, 2.05) is 60.7 Å². The maximum atomic E-state index is 6.66. The van der Waals surface area contributed by atoms with Gasteiger partial charge in [0.15, 0.2) is 17.5 Å². The molecule has 12 rings (SSSR count). The summed E-state index contributed by atoms with van der Waals surface area (Å²) >= 11 is 0. The Morgan fingerprint density at radius 2 is 0.927 bits per heavy atom. The van der Waals surface area contributed by atoms with Gasteiger partial charge in [-0.15, -0.1) is 0 Å². The summed E-state index contributed by atoms with van der Waals surface area (Å²) in [5.74, 6) is 1.72. The van der Waals surface area contributed by atoms with E-state index in [4.69, 9.17) is 23.8 Å². The summed E-state index contributed by atoms with van der Waals surface area (Å²) in [6.07, 6.45) is 0. The summed E-state index contributed by atoms with van der Waals surface area (Å²) in [5, 5.41) is 9.09. The molecule has 0 saturated heterocycles. The van der Waals surface area contributed by atoms with Crippen molar-refractivity contribution in [2.45, 2.75) is 0 Å². The number of fused-ring (bicyclic) bond motifs is 10. The molecule has 0 saturated carbocycles. The van der Waals surface area contributed by atoms with E-state index in [9.17, 15) is 0 Å². The standard InChI is InChI=1S/C49H28N4O2/c1-2-11-29(12-3-1)47-50-48(32-21-23-36-35-16-7-9-19-42(35)54-44(36)27-32)52-49(51-47)33-22-24-37-45(28-33)55-43-20-10-18-40(46(37)43)53-39-17-8-6-15-34(39)38-25-30-13-4-5-14-31(30)26-41(38)53/h1-28H. The highest BCUT2D eigenvalue weighted by Gasteiger charge is 2.20. The lowest BCUT2D eigenvalue weighted by Crippen LogP contribution is -2.00. The van der Waals surface area contributed by atoms with Crippen LogP contribution in [0.5, 0.6) is 0 Å². The molecule has 0 atom stereocenters. The van der Waals surface area contributed by atoms with E-state index in [0.29, 0.717) is 17.5 Å². The van der Waals surface area contributed by atoms with Crippen molar-refractivity contribution >= 4 is 76.5 Å². The second-order valence-electron chi connectivity index (χ2n) is 14.0. The molecule has 0 radical (unpaired) electrons. The van der Waals surface area contributed by atoms with Crippen molar-refractivity contribution in [3.8, 4) is 39.9 Å². The number of aromatic nitrogens is 4. The number of rotatable bonds is 4. The predicted octanol–water partition coefficient (Wildman–Crippen LogP) is 12.9. The first-order valence-electron chi connectivity index (χ1n) is 18.3. The third-order valence-corrected chi connectivity index (χ3v) is 10.8. The molecule has 0 bridgehead atoms. The van der Waals surface area contributed by atoms with Crippen LogP contribution in [0.1, 0.15) is 0 Å². The van der Waals surface area contributed by atoms with Crippen LogP contribution in [-0.4, -0.2) is 19.5 Å². The van der Waals surface area contributed by atoms with Gasteiger partial charge in [0.25, 0.3) is 0 Å². The van der Waals surface area contributed by atoms with E-state index in [2.05, 4.69) is 114 Å². The van der Waals surface area contributed by atoms with Crippen LogP contribution in [0.2, 0.25) is 0 Å². The molecule has 4 aromatic heterocycles. The highest BCUT2D eigenvalue weighted by Crippen LogP contribution is 2.41. The summed E-state index contributed by atoms with van der Waals surface area (Å²) in [6, 6.07) is 58.7. The molecule has 6 nitrogen and oxygen atoms in total. The fourth-order valence-electron chi connectivity index (χ4n) is 8.26. The maximum absolute atomic E-state index is 6.66. The van der Waals surface area contributed by atoms with Crippen molar-refractivity contribution in [3.63, 3.8) is 0 Å². The van der Waals surface area contributed by atoms with Gasteiger partial charge in [0, 0.05) is 43.6 Å². The summed E-state index contributed by atoms with van der Waals surface area (Å²) in [4.78, 5) is 15.1. The summed E-state index contributed by atoms with van der Waals surface area (Å²) in [6.45, 7) is 0. The van der Waals surface area contributed by atoms with Crippen LogP contribution < -0.4 is 0 Å². The van der Waals surface area contributed by atoms with E-state index in [1.54, 1.807) is 0 Å². The second-order valence-corrected chi connectivity index (χ2v) is 14.0. The number of benzene rings is 8. The first-order valence-corrected chi connectivity index (χ1v) is 18.3. The van der Waals surface area contributed by atoms with E-state index in [0.717, 1.165) is 77.3 Å². The van der Waals surface area contributed by atoms with Crippen molar-refractivity contribution in [1.82, 2.24) is 19.5 Å². The monoisotopic (exact) mass is 704 g/mol. The molecule has 0 spiro atoms. The Kier molecular flexibility index (Phi) is 6.24. The van der Waals surface area contributed by atoms with E-state index in [1.165, 1.54) is 21.5 Å². The van der Waals surface area contributed by atoms with Gasteiger partial charge in [0.1, 0.15) is 22.3 Å². The van der Waals surface area contributed by atoms with Crippen molar-refractivity contribution < 1.29 is 8.83 Å². The van der Waals surface area contributed by atoms with Gasteiger partial charge in [0.2, 0.25) is 0 Å². The van der Waals surface area contributed by atoms with Crippen molar-refractivity contribution in [3.05, 3.63) is 170 Å². The van der Waals surface area contributed by atoms with Gasteiger partial charge in [-0.1, -0.05) is 109 Å². The predicted molar refractivity (Wildman–Crippen MR) is 223 cm³/mol. The van der Waals surface area contributed by atoms with Gasteiger partial charge >= 0.3 is 0 Å². The van der Waals surface area contributed by atoms with E-state index >= 15 is 0 Å². The largest absolute Gasteiger partial charge is 0.456 e. The van der Waals surface area contributed by atoms with Crippen LogP contribution in [0.25, 0.3) is 116 Å². The Morgan fingerprint density at radius 3 is 1.73 bits per heavy atom. The lowest BCUT2D eigenvalue weighted by Gasteiger charge is -2.10. The Labute approximate surface area is 313 Å². The average molecular weight is 705 g/mol. The molecule has 55 heavy (non-hydrogen) atoms. The zero-order valence-corrected chi connectivity index (χ0v) is 29.3. The third kappa shape index (κ3) is 4.58. The molecule has 0 unspecified atom stereocenters. The third-order valence-electron chi connectivity index (χ3n) is 10.8. The molecule has 0 fully saturated rings. The Hall–Kier alpha value is -7.57. The van der Waals surface area contributed by atoms with E-state index < -0.39 is 0 Å². The molecule has 0 aliphatic carbocycles. The van der Waals surface area contributed by atoms with E-state index in [-0.39, 0.29) is 0 Å². The minimum atomic E-state index is 0.561. The van der Waals surface area contributed by atoms with Crippen molar-refractivity contribution in [1.29, 1.82) is 0 Å². The minimum Gasteiger partial charge on any atom is -0.456 e. The van der Waals surface area contributed by atoms with Gasteiger partial charge in [-0.25, -0.2) is 15.0 Å². The summed E-state index contributed by atoms with van der Waals surface area (Å²) < 4.78 is 15.3. The van der Waals surface area contributed by atoms with Gasteiger partial charge in [-0.2, -0.15) is 0 Å². The Balaban J connectivity index is 1.04. The quantitative estimate of drug-likeness (QED) is 0.182. The first kappa shape index (κ1) is 29.9. The highest BCUT2D eigenvalue weighted by molar-refractivity contribution is 6.17. The van der Waals surface area contributed by atoms with Crippen molar-refractivity contribution in [2.24, 2.45) is 0 Å². The topological polar surface area (TPSA) is 69.9 Å². The molecule has 256 valence electrons. The van der Waals surface area contributed by atoms with Crippen LogP contribution in [0.3, 0.4) is 0 Å². The van der Waals surface area contributed by atoms with Gasteiger partial charge in [0.05, 0.1) is 22.1 Å². The number of furan rings is 2. The van der Waals surface area contributed by atoms with Crippen molar-refractivity contribution in [2.75, 3.05) is 0 Å². The lowest BCUT2D eigenvalue weighted by atomic mass is 10.1. The van der Waals surface area contributed by atoms with Crippen LogP contribution in [0, 0.1) is 0 Å². The normalized spacial score (nSPS) is 12.0. The number of para-hydroxylation sites is 2. The van der Waals surface area contributed by atoms with Crippen LogP contribution >= 0.6 is 0 Å². The van der Waals surface area contributed by atoms with Gasteiger partial charge < -0.3 is 13.4 Å². The Morgan fingerprint density at radius 1 is 0.345 bits per heavy atom. The van der Waals surface area contributed by atoms with Gasteiger partial charge in [-0.05, 0) is 71.4 Å². The smallest absolute Gasteiger partial charge is 0.164 e. The summed E-state index contributed by atoms with van der Waals surface area (Å²) in [7, 11) is 0. The first-order chi connectivity index (χ1) is 27.2. The van der Waals surface area contributed by atoms with Crippen LogP contribution in [0.4, 0.5) is 0 Å². The molecule has 0 amide bonds. The molecular formula is C49H28N4O2. The molecule has 12 aromatic rings. The molecule has 0 N–H and O–H groups in total. The highest BCUT2D eigenvalue weighted by atomic mass is 16.3. The number of hydrogen-bond acceptors (Lipinski definition) is 5. The number of nitrogens with zero attached hydrogens (tertiary/aromatic N) is 4. The average Bonchev–Trinajstić information content (AvgIpc) is 3.91. The molecule has 0 aliphatic heterocycles. The second kappa shape index (κ2) is 11.5. The zero-order chi connectivity index (χ0) is 36.0. The lowest BCUT2D eigenvalue weighted by molar-refractivity contribution is 0.668. The number of hydrogen-bond donors (Lipinski definition) is 0. The fourth-order valence-corrected chi connectivity index (χ4v) is 8.26. The molecular weight excluding hydrogens is 677 g/mol. The molecule has 4 heterocycles.